The predicted octanol–water partition coefficient (Wildman–Crippen LogP) is 6.35. The standard InChI is InChI=1S/C10H14NO3P.C8H8INO2.C2H6OP/c1-7-5-6-9(11(12)13)10(8(7)2)15(3,4)14;1-5-3-4-7(10(11)12)8(9)6(5)2;1-4(2)3/h5-6H,1-4H3;3-4H,1-2H3;1-2H3/q;;+1. The van der Waals surface area contributed by atoms with Crippen molar-refractivity contribution in [3.63, 3.8) is 0 Å². The van der Waals surface area contributed by atoms with Crippen LogP contribution in [0.1, 0.15) is 22.3 Å². The van der Waals surface area contributed by atoms with Crippen molar-refractivity contribution in [2.24, 2.45) is 0 Å². The van der Waals surface area contributed by atoms with E-state index in [1.54, 1.807) is 51.8 Å². The van der Waals surface area contributed by atoms with Crippen molar-refractivity contribution in [3.05, 3.63) is 70.3 Å². The molecule has 2 aromatic carbocycles. The molecular formula is C20H28IN2O6P2+. The van der Waals surface area contributed by atoms with Crippen molar-refractivity contribution in [1.82, 2.24) is 0 Å². The maximum atomic E-state index is 12.0. The Morgan fingerprint density at radius 2 is 1.19 bits per heavy atom. The fraction of sp³-hybridized carbons (Fsp3) is 0.400. The van der Waals surface area contributed by atoms with E-state index in [1.165, 1.54) is 6.07 Å². The molecule has 0 N–H and O–H groups in total. The van der Waals surface area contributed by atoms with Crippen LogP contribution < -0.4 is 5.30 Å². The second-order valence-electron chi connectivity index (χ2n) is 7.39. The average Bonchev–Trinajstić information content (AvgIpc) is 2.60. The summed E-state index contributed by atoms with van der Waals surface area (Å²) in [5.74, 6) is 0. The van der Waals surface area contributed by atoms with Crippen molar-refractivity contribution in [3.8, 4) is 0 Å². The molecule has 0 atom stereocenters. The molecule has 8 nitrogen and oxygen atoms in total. The molecule has 2 rings (SSSR count). The molecule has 0 aromatic heterocycles. The molecule has 2 aromatic rings. The van der Waals surface area contributed by atoms with Gasteiger partial charge in [0.05, 0.1) is 18.7 Å². The molecule has 0 radical (unpaired) electrons. The highest BCUT2D eigenvalue weighted by Gasteiger charge is 2.26. The highest BCUT2D eigenvalue weighted by Crippen LogP contribution is 2.40. The largest absolute Gasteiger partial charge is 0.332 e. The molecule has 0 unspecified atom stereocenters. The number of nitro groups is 2. The van der Waals surface area contributed by atoms with E-state index in [4.69, 9.17) is 0 Å². The summed E-state index contributed by atoms with van der Waals surface area (Å²) in [6.07, 6.45) is 0. The van der Waals surface area contributed by atoms with Gasteiger partial charge in [-0.15, -0.1) is 0 Å². The van der Waals surface area contributed by atoms with Gasteiger partial charge in [0.1, 0.15) is 20.5 Å². The van der Waals surface area contributed by atoms with Crippen molar-refractivity contribution in [1.29, 1.82) is 0 Å². The lowest BCUT2D eigenvalue weighted by molar-refractivity contribution is -0.385. The minimum atomic E-state index is -2.62. The zero-order chi connectivity index (χ0) is 24.7. The maximum absolute atomic E-state index is 12.0. The third kappa shape index (κ3) is 9.13. The summed E-state index contributed by atoms with van der Waals surface area (Å²) in [7, 11) is -3.49. The van der Waals surface area contributed by atoms with Gasteiger partial charge < -0.3 is 4.57 Å². The van der Waals surface area contributed by atoms with Crippen molar-refractivity contribution >= 4 is 54.2 Å². The monoisotopic (exact) mass is 581 g/mol. The predicted molar refractivity (Wildman–Crippen MR) is 136 cm³/mol. The number of nitro benzene ring substituents is 2. The number of hydrogen-bond donors (Lipinski definition) is 0. The maximum Gasteiger partial charge on any atom is 0.332 e. The molecule has 0 aliphatic heterocycles. The van der Waals surface area contributed by atoms with E-state index in [-0.39, 0.29) is 16.3 Å². The van der Waals surface area contributed by atoms with Gasteiger partial charge in [-0.25, -0.2) is 0 Å². The molecule has 0 heterocycles. The van der Waals surface area contributed by atoms with Gasteiger partial charge in [-0.2, -0.15) is 0 Å². The van der Waals surface area contributed by atoms with Crippen LogP contribution >= 0.6 is 37.5 Å². The van der Waals surface area contributed by atoms with Crippen LogP contribution in [0.2, 0.25) is 0 Å². The van der Waals surface area contributed by atoms with Crippen molar-refractivity contribution < 1.29 is 19.0 Å². The Labute approximate surface area is 197 Å². The molecule has 0 fully saturated rings. The van der Waals surface area contributed by atoms with Crippen molar-refractivity contribution in [2.75, 3.05) is 26.7 Å². The number of rotatable bonds is 3. The first-order valence-corrected chi connectivity index (χ1v) is 14.9. The molecule has 11 heteroatoms. The van der Waals surface area contributed by atoms with Crippen LogP contribution in [0, 0.1) is 51.5 Å². The fourth-order valence-corrected chi connectivity index (χ4v) is 5.02. The molecule has 0 aliphatic carbocycles. The van der Waals surface area contributed by atoms with E-state index < -0.39 is 19.9 Å². The minimum Gasteiger partial charge on any atom is -0.319 e. The normalized spacial score (nSPS) is 10.2. The first-order valence-electron chi connectivity index (χ1n) is 9.07. The van der Waals surface area contributed by atoms with Gasteiger partial charge >= 0.3 is 7.80 Å². The van der Waals surface area contributed by atoms with Crippen LogP contribution in [0.3, 0.4) is 0 Å². The Morgan fingerprint density at radius 1 is 0.839 bits per heavy atom. The summed E-state index contributed by atoms with van der Waals surface area (Å²) in [4.78, 5) is 20.5. The Bertz CT molecular complexity index is 1050. The van der Waals surface area contributed by atoms with Crippen LogP contribution in [0.5, 0.6) is 0 Å². The first-order chi connectivity index (χ1) is 14.0. The summed E-state index contributed by atoms with van der Waals surface area (Å²) >= 11 is 2.00. The molecule has 0 aliphatic rings. The van der Waals surface area contributed by atoms with Gasteiger partial charge in [0, 0.05) is 12.1 Å². The van der Waals surface area contributed by atoms with Gasteiger partial charge in [-0.3, -0.25) is 20.2 Å². The van der Waals surface area contributed by atoms with E-state index in [2.05, 4.69) is 0 Å². The van der Waals surface area contributed by atoms with Gasteiger partial charge in [0.25, 0.3) is 11.4 Å². The zero-order valence-corrected chi connectivity index (χ0v) is 22.9. The lowest BCUT2D eigenvalue weighted by Gasteiger charge is -2.12. The smallest absolute Gasteiger partial charge is 0.319 e. The van der Waals surface area contributed by atoms with E-state index in [9.17, 15) is 29.4 Å². The van der Waals surface area contributed by atoms with Crippen molar-refractivity contribution in [2.45, 2.75) is 27.7 Å². The Hall–Kier alpha value is -1.70. The van der Waals surface area contributed by atoms with Crippen LogP contribution in [0.25, 0.3) is 0 Å². The lowest BCUT2D eigenvalue weighted by atomic mass is 10.1. The molecule has 0 spiro atoms. The van der Waals surface area contributed by atoms with Gasteiger partial charge in [-0.05, 0) is 85.9 Å². The Kier molecular flexibility index (Phi) is 11.7. The highest BCUT2D eigenvalue weighted by molar-refractivity contribution is 14.1. The van der Waals surface area contributed by atoms with E-state index in [0.717, 1.165) is 25.8 Å². The number of aryl methyl sites for hydroxylation is 2. The average molecular weight is 581 g/mol. The molecule has 0 amide bonds. The van der Waals surface area contributed by atoms with Crippen LogP contribution in [0.4, 0.5) is 11.4 Å². The Balaban J connectivity index is 0.000000504. The van der Waals surface area contributed by atoms with Crippen LogP contribution in [-0.2, 0) is 9.13 Å². The minimum absolute atomic E-state index is 0.0357. The second-order valence-corrected chi connectivity index (χ2v) is 13.2. The Morgan fingerprint density at radius 3 is 1.55 bits per heavy atom. The van der Waals surface area contributed by atoms with E-state index in [0.29, 0.717) is 5.30 Å². The quantitative estimate of drug-likeness (QED) is 0.180. The molecular weight excluding hydrogens is 553 g/mol. The second kappa shape index (κ2) is 12.4. The molecule has 31 heavy (non-hydrogen) atoms. The molecule has 0 saturated carbocycles. The summed E-state index contributed by atoms with van der Waals surface area (Å²) in [5.41, 5.74) is 3.93. The highest BCUT2D eigenvalue weighted by atomic mass is 127. The SMILES string of the molecule is C[P+](C)=O.Cc1ccc([N+](=O)[O-])c(I)c1C.Cc1ccc([N+](=O)[O-])c(P(C)(C)=O)c1C. The van der Waals surface area contributed by atoms with Crippen LogP contribution in [-0.4, -0.2) is 36.5 Å². The number of nitrogens with zero attached hydrogens (tertiary/aromatic N) is 2. The van der Waals surface area contributed by atoms with Gasteiger partial charge in [0.15, 0.2) is 0 Å². The summed E-state index contributed by atoms with van der Waals surface area (Å²) < 4.78 is 22.3. The zero-order valence-electron chi connectivity index (χ0n) is 18.9. The van der Waals surface area contributed by atoms with Crippen LogP contribution in [0.15, 0.2) is 24.3 Å². The summed E-state index contributed by atoms with van der Waals surface area (Å²) in [6, 6.07) is 6.43. The number of halogens is 1. The molecule has 0 bridgehead atoms. The number of hydrogen-bond acceptors (Lipinski definition) is 6. The lowest BCUT2D eigenvalue weighted by Crippen LogP contribution is -2.14. The third-order valence-electron chi connectivity index (χ3n) is 4.25. The van der Waals surface area contributed by atoms with E-state index in [1.807, 2.05) is 43.4 Å². The van der Waals surface area contributed by atoms with Gasteiger partial charge in [-0.1, -0.05) is 16.7 Å². The fourth-order valence-electron chi connectivity index (χ4n) is 2.52. The number of benzene rings is 2. The third-order valence-corrected chi connectivity index (χ3v) is 7.25. The summed E-state index contributed by atoms with van der Waals surface area (Å²) in [5, 5.41) is 21.7. The molecule has 170 valence electrons. The first kappa shape index (κ1) is 29.3. The topological polar surface area (TPSA) is 120 Å². The van der Waals surface area contributed by atoms with Gasteiger partial charge in [0.2, 0.25) is 0 Å². The van der Waals surface area contributed by atoms with E-state index >= 15 is 0 Å². The molecule has 0 saturated heterocycles. The summed E-state index contributed by atoms with van der Waals surface area (Å²) in [6.45, 7) is 13.9.